The van der Waals surface area contributed by atoms with Crippen LogP contribution in [0, 0.1) is 0 Å². The predicted molar refractivity (Wildman–Crippen MR) is 201 cm³/mol. The Morgan fingerprint density at radius 2 is 1.18 bits per heavy atom. The van der Waals surface area contributed by atoms with Crippen molar-refractivity contribution in [2.75, 3.05) is 0 Å². The van der Waals surface area contributed by atoms with Gasteiger partial charge in [0.2, 0.25) is 0 Å². The number of nitrogens with zero attached hydrogens (tertiary/aromatic N) is 4. The molecule has 49 heavy (non-hydrogen) atoms. The molecule has 0 N–H and O–H groups in total. The first-order valence-corrected chi connectivity index (χ1v) is 16.7. The maximum Gasteiger partial charge on any atom is 0.328 e. The third-order valence-electron chi connectivity index (χ3n) is 10.4. The van der Waals surface area contributed by atoms with Crippen LogP contribution in [-0.2, 0) is 19.5 Å². The number of rotatable bonds is 4. The molecule has 236 valence electrons. The molecule has 0 spiro atoms. The SMILES string of the molecule is Cn1c(=O)n(C)c2cc(-c3ccc(-c4cc(-c5ccc6c(c5)C(C)(C)c5ccc7ccccc7c5-6)nc(-c5ccccc5)n4)cc3)ccc21. The van der Waals surface area contributed by atoms with Crippen LogP contribution in [0.25, 0.3) is 78.0 Å². The van der Waals surface area contributed by atoms with E-state index >= 15 is 0 Å². The number of fused-ring (bicyclic) bond motifs is 6. The van der Waals surface area contributed by atoms with Crippen molar-refractivity contribution in [3.05, 3.63) is 155 Å². The van der Waals surface area contributed by atoms with E-state index in [1.54, 1.807) is 9.13 Å². The van der Waals surface area contributed by atoms with Crippen LogP contribution in [-0.4, -0.2) is 19.1 Å². The van der Waals surface area contributed by atoms with Gasteiger partial charge in [0, 0.05) is 36.2 Å². The second-order valence-corrected chi connectivity index (χ2v) is 13.6. The van der Waals surface area contributed by atoms with Crippen LogP contribution in [0.1, 0.15) is 25.0 Å². The fourth-order valence-electron chi connectivity index (χ4n) is 7.65. The number of hydrogen-bond donors (Lipinski definition) is 0. The van der Waals surface area contributed by atoms with Crippen LogP contribution in [0.4, 0.5) is 0 Å². The van der Waals surface area contributed by atoms with E-state index in [0.717, 1.165) is 50.2 Å². The molecule has 0 fully saturated rings. The minimum atomic E-state index is -0.145. The minimum Gasteiger partial charge on any atom is -0.295 e. The molecule has 1 aliphatic carbocycles. The Bertz CT molecular complexity index is 2660. The monoisotopic (exact) mass is 634 g/mol. The number of imidazole rings is 1. The lowest BCUT2D eigenvalue weighted by Gasteiger charge is -2.22. The Hall–Kier alpha value is -6.07. The van der Waals surface area contributed by atoms with Gasteiger partial charge in [-0.25, -0.2) is 14.8 Å². The van der Waals surface area contributed by atoms with Crippen molar-refractivity contribution in [1.82, 2.24) is 19.1 Å². The highest BCUT2D eigenvalue weighted by atomic mass is 16.1. The summed E-state index contributed by atoms with van der Waals surface area (Å²) in [5, 5.41) is 2.56. The van der Waals surface area contributed by atoms with Gasteiger partial charge in [-0.05, 0) is 68.4 Å². The normalized spacial score (nSPS) is 13.1. The minimum absolute atomic E-state index is 0.0266. The van der Waals surface area contributed by atoms with Gasteiger partial charge in [-0.15, -0.1) is 0 Å². The highest BCUT2D eigenvalue weighted by molar-refractivity contribution is 6.02. The average molecular weight is 635 g/mol. The van der Waals surface area contributed by atoms with Crippen LogP contribution in [0.2, 0.25) is 0 Å². The van der Waals surface area contributed by atoms with E-state index < -0.39 is 0 Å². The summed E-state index contributed by atoms with van der Waals surface area (Å²) in [6.07, 6.45) is 0. The topological polar surface area (TPSA) is 52.7 Å². The molecule has 1 aliphatic rings. The highest BCUT2D eigenvalue weighted by Gasteiger charge is 2.36. The average Bonchev–Trinajstić information content (AvgIpc) is 3.52. The zero-order valence-corrected chi connectivity index (χ0v) is 27.9. The third kappa shape index (κ3) is 4.50. The fourth-order valence-corrected chi connectivity index (χ4v) is 7.65. The van der Waals surface area contributed by atoms with E-state index in [4.69, 9.17) is 9.97 Å². The van der Waals surface area contributed by atoms with Crippen LogP contribution >= 0.6 is 0 Å². The van der Waals surface area contributed by atoms with E-state index in [9.17, 15) is 4.79 Å². The predicted octanol–water partition coefficient (Wildman–Crippen LogP) is 9.79. The molecule has 6 aromatic carbocycles. The zero-order valence-electron chi connectivity index (χ0n) is 27.9. The first-order chi connectivity index (χ1) is 23.8. The number of hydrogen-bond acceptors (Lipinski definition) is 3. The van der Waals surface area contributed by atoms with Crippen molar-refractivity contribution in [3.63, 3.8) is 0 Å². The van der Waals surface area contributed by atoms with Crippen LogP contribution in [0.15, 0.2) is 138 Å². The molecule has 2 aromatic heterocycles. The van der Waals surface area contributed by atoms with Crippen LogP contribution in [0.5, 0.6) is 0 Å². The van der Waals surface area contributed by atoms with Gasteiger partial charge in [0.25, 0.3) is 0 Å². The molecule has 0 atom stereocenters. The summed E-state index contributed by atoms with van der Waals surface area (Å²) >= 11 is 0. The highest BCUT2D eigenvalue weighted by Crippen LogP contribution is 2.52. The lowest BCUT2D eigenvalue weighted by Crippen LogP contribution is -2.19. The summed E-state index contributed by atoms with van der Waals surface area (Å²) in [7, 11) is 3.63. The van der Waals surface area contributed by atoms with Crippen LogP contribution < -0.4 is 5.69 Å². The summed E-state index contributed by atoms with van der Waals surface area (Å²) in [6, 6.07) is 47.0. The van der Waals surface area contributed by atoms with Crippen molar-refractivity contribution in [2.45, 2.75) is 19.3 Å². The van der Waals surface area contributed by atoms with Crippen molar-refractivity contribution >= 4 is 21.8 Å². The van der Waals surface area contributed by atoms with Crippen molar-refractivity contribution < 1.29 is 0 Å². The van der Waals surface area contributed by atoms with E-state index in [1.807, 2.05) is 38.4 Å². The smallest absolute Gasteiger partial charge is 0.295 e. The van der Waals surface area contributed by atoms with Gasteiger partial charge >= 0.3 is 5.69 Å². The molecule has 0 aliphatic heterocycles. The van der Waals surface area contributed by atoms with Gasteiger partial charge in [-0.1, -0.05) is 123 Å². The van der Waals surface area contributed by atoms with Crippen LogP contribution in [0.3, 0.4) is 0 Å². The van der Waals surface area contributed by atoms with Gasteiger partial charge in [-0.2, -0.15) is 0 Å². The maximum atomic E-state index is 12.5. The number of aryl methyl sites for hydroxylation is 2. The molecule has 5 nitrogen and oxygen atoms in total. The first-order valence-electron chi connectivity index (χ1n) is 16.7. The van der Waals surface area contributed by atoms with Gasteiger partial charge in [0.05, 0.1) is 22.4 Å². The van der Waals surface area contributed by atoms with Gasteiger partial charge in [0.1, 0.15) is 0 Å². The second-order valence-electron chi connectivity index (χ2n) is 13.6. The Labute approximate surface area is 284 Å². The Morgan fingerprint density at radius 1 is 0.531 bits per heavy atom. The summed E-state index contributed by atoms with van der Waals surface area (Å²) in [5.41, 5.74) is 13.9. The molecular formula is C44H34N4O. The maximum absolute atomic E-state index is 12.5. The molecule has 0 unspecified atom stereocenters. The number of benzene rings is 6. The van der Waals surface area contributed by atoms with Crippen molar-refractivity contribution in [1.29, 1.82) is 0 Å². The molecule has 2 heterocycles. The van der Waals surface area contributed by atoms with Gasteiger partial charge in [0.15, 0.2) is 5.82 Å². The van der Waals surface area contributed by atoms with Crippen molar-refractivity contribution in [3.8, 4) is 56.2 Å². The molecule has 0 amide bonds. The molecular weight excluding hydrogens is 601 g/mol. The van der Waals surface area contributed by atoms with E-state index in [0.29, 0.717) is 5.82 Å². The van der Waals surface area contributed by atoms with Crippen molar-refractivity contribution in [2.24, 2.45) is 14.1 Å². The fraction of sp³-hybridized carbons (Fsp3) is 0.114. The Morgan fingerprint density at radius 3 is 1.98 bits per heavy atom. The lowest BCUT2D eigenvalue weighted by atomic mass is 9.81. The summed E-state index contributed by atoms with van der Waals surface area (Å²) < 4.78 is 3.38. The molecule has 9 rings (SSSR count). The molecule has 0 saturated heterocycles. The summed E-state index contributed by atoms with van der Waals surface area (Å²) in [4.78, 5) is 22.7. The largest absolute Gasteiger partial charge is 0.328 e. The van der Waals surface area contributed by atoms with E-state index in [-0.39, 0.29) is 11.1 Å². The zero-order chi connectivity index (χ0) is 33.4. The molecule has 0 bridgehead atoms. The first kappa shape index (κ1) is 29.1. The van der Waals surface area contributed by atoms with Gasteiger partial charge < -0.3 is 0 Å². The molecule has 8 aromatic rings. The molecule has 0 saturated carbocycles. The Balaban J connectivity index is 1.15. The molecule has 0 radical (unpaired) electrons. The second kappa shape index (κ2) is 10.7. The standard InChI is InChI=1S/C44H34N4O/c1-44(2)35-22-19-28-10-8-9-13-33(28)41(35)34-21-18-32(24-36(34)44)38-26-37(45-42(46-38)30-11-6-5-7-12-30)29-16-14-27(15-17-29)31-20-23-39-40(25-31)48(4)43(49)47(39)3/h5-26H,1-4H3. The quantitative estimate of drug-likeness (QED) is 0.194. The van der Waals surface area contributed by atoms with E-state index in [2.05, 4.69) is 123 Å². The summed E-state index contributed by atoms with van der Waals surface area (Å²) in [6.45, 7) is 4.65. The number of aromatic nitrogens is 4. The van der Waals surface area contributed by atoms with E-state index in [1.165, 1.54) is 33.0 Å². The third-order valence-corrected chi connectivity index (χ3v) is 10.4. The van der Waals surface area contributed by atoms with Gasteiger partial charge in [-0.3, -0.25) is 9.13 Å². The Kier molecular flexibility index (Phi) is 6.37. The molecule has 5 heteroatoms. The summed E-state index contributed by atoms with van der Waals surface area (Å²) in [5.74, 6) is 0.696. The lowest BCUT2D eigenvalue weighted by molar-refractivity contribution is 0.661.